The van der Waals surface area contributed by atoms with Crippen LogP contribution in [0.2, 0.25) is 0 Å². The molecule has 0 saturated carbocycles. The van der Waals surface area contributed by atoms with E-state index < -0.39 is 5.95 Å². The van der Waals surface area contributed by atoms with E-state index in [4.69, 9.17) is 5.11 Å². The molecule has 0 aliphatic rings. The highest BCUT2D eigenvalue weighted by atomic mass is 79.9. The Bertz CT molecular complexity index is 543. The number of hydrogen-bond acceptors (Lipinski definition) is 4. The highest BCUT2D eigenvalue weighted by Crippen LogP contribution is 2.16. The summed E-state index contributed by atoms with van der Waals surface area (Å²) in [6.07, 6.45) is 0. The summed E-state index contributed by atoms with van der Waals surface area (Å²) in [6, 6.07) is 2.92. The van der Waals surface area contributed by atoms with Gasteiger partial charge in [0.2, 0.25) is 5.95 Å². The topological polar surface area (TPSA) is 63.8 Å². The van der Waals surface area contributed by atoms with Gasteiger partial charge in [-0.1, -0.05) is 5.21 Å². The predicted molar refractivity (Wildman–Crippen MR) is 61.7 cm³/mol. The van der Waals surface area contributed by atoms with E-state index in [0.29, 0.717) is 16.8 Å². The van der Waals surface area contributed by atoms with Crippen molar-refractivity contribution in [2.24, 2.45) is 0 Å². The van der Waals surface area contributed by atoms with E-state index in [1.165, 1.54) is 6.07 Å². The lowest BCUT2D eigenvalue weighted by molar-refractivity contribution is 0.276. The maximum absolute atomic E-state index is 12.8. The van der Waals surface area contributed by atoms with Gasteiger partial charge in [0.25, 0.3) is 0 Å². The Morgan fingerprint density at radius 1 is 1.47 bits per heavy atom. The van der Waals surface area contributed by atoms with Gasteiger partial charge in [0.15, 0.2) is 0 Å². The molecule has 2 aromatic heterocycles. The normalized spacial score (nSPS) is 10.8. The van der Waals surface area contributed by atoms with Gasteiger partial charge < -0.3 is 5.11 Å². The predicted octanol–water partition coefficient (Wildman–Crippen LogP) is 1.42. The van der Waals surface area contributed by atoms with Crippen LogP contribution in [0, 0.1) is 12.9 Å². The van der Waals surface area contributed by atoms with Gasteiger partial charge in [0.1, 0.15) is 10.3 Å². The molecule has 0 atom stereocenters. The second kappa shape index (κ2) is 4.89. The van der Waals surface area contributed by atoms with E-state index in [1.807, 2.05) is 6.92 Å². The fourth-order valence-corrected chi connectivity index (χ4v) is 1.84. The van der Waals surface area contributed by atoms with E-state index in [0.717, 1.165) is 11.3 Å². The molecule has 0 saturated heterocycles. The molecule has 2 rings (SSSR count). The number of aromatic nitrogens is 4. The Morgan fingerprint density at radius 3 is 2.82 bits per heavy atom. The molecular formula is C10H10BrFN4O. The molecule has 0 bridgehead atoms. The maximum atomic E-state index is 12.8. The van der Waals surface area contributed by atoms with Gasteiger partial charge in [-0.05, 0) is 35.0 Å². The van der Waals surface area contributed by atoms with Gasteiger partial charge >= 0.3 is 0 Å². The second-order valence-electron chi connectivity index (χ2n) is 3.52. The highest BCUT2D eigenvalue weighted by Gasteiger charge is 2.10. The number of hydrogen-bond donors (Lipinski definition) is 1. The molecule has 0 amide bonds. The summed E-state index contributed by atoms with van der Waals surface area (Å²) in [6.45, 7) is 2.10. The molecule has 0 radical (unpaired) electrons. The van der Waals surface area contributed by atoms with Gasteiger partial charge in [-0.15, -0.1) is 5.10 Å². The Labute approximate surface area is 105 Å². The lowest BCUT2D eigenvalue weighted by Gasteiger charge is -2.05. The molecule has 0 spiro atoms. The van der Waals surface area contributed by atoms with Crippen LogP contribution in [0.1, 0.15) is 17.0 Å². The number of aliphatic hydroxyl groups is 1. The number of rotatable bonds is 3. The highest BCUT2D eigenvalue weighted by molar-refractivity contribution is 9.10. The molecule has 5 nitrogen and oxygen atoms in total. The summed E-state index contributed by atoms with van der Waals surface area (Å²) in [5.74, 6) is -0.535. The molecule has 2 heterocycles. The molecule has 90 valence electrons. The molecule has 7 heteroatoms. The van der Waals surface area contributed by atoms with Crippen LogP contribution >= 0.6 is 15.9 Å². The summed E-state index contributed by atoms with van der Waals surface area (Å²) in [4.78, 5) is 3.67. The van der Waals surface area contributed by atoms with E-state index in [9.17, 15) is 4.39 Å². The first-order chi connectivity index (χ1) is 8.11. The molecule has 17 heavy (non-hydrogen) atoms. The van der Waals surface area contributed by atoms with E-state index in [-0.39, 0.29) is 6.61 Å². The van der Waals surface area contributed by atoms with E-state index in [1.54, 1.807) is 10.7 Å². The van der Waals surface area contributed by atoms with Crippen molar-refractivity contribution in [1.29, 1.82) is 0 Å². The number of nitrogens with zero attached hydrogens (tertiary/aromatic N) is 4. The Hall–Kier alpha value is -1.34. The lowest BCUT2D eigenvalue weighted by Crippen LogP contribution is -2.06. The van der Waals surface area contributed by atoms with Gasteiger partial charge in [0.05, 0.1) is 18.8 Å². The SMILES string of the molecule is Cc1c(CO)nnn1Cc1ccc(F)nc1Br. The van der Waals surface area contributed by atoms with Gasteiger partial charge in [-0.3, -0.25) is 0 Å². The molecule has 1 N–H and O–H groups in total. The fourth-order valence-electron chi connectivity index (χ4n) is 1.41. The van der Waals surface area contributed by atoms with Crippen molar-refractivity contribution in [3.8, 4) is 0 Å². The molecule has 0 aliphatic carbocycles. The fraction of sp³-hybridized carbons (Fsp3) is 0.300. The average Bonchev–Trinajstić information content (AvgIpc) is 2.64. The minimum atomic E-state index is -0.535. The second-order valence-corrected chi connectivity index (χ2v) is 4.27. The zero-order valence-electron chi connectivity index (χ0n) is 9.06. The van der Waals surface area contributed by atoms with Crippen LogP contribution in [0.15, 0.2) is 16.7 Å². The third kappa shape index (κ3) is 2.50. The summed E-state index contributed by atoms with van der Waals surface area (Å²) >= 11 is 3.19. The largest absolute Gasteiger partial charge is 0.390 e. The number of halogens is 2. The standard InChI is InChI=1S/C10H10BrFN4O/c1-6-8(5-17)14-15-16(6)4-7-2-3-9(12)13-10(7)11/h2-3,17H,4-5H2,1H3. The Kier molecular flexibility index (Phi) is 3.49. The van der Waals surface area contributed by atoms with Crippen LogP contribution in [0.3, 0.4) is 0 Å². The first-order valence-corrected chi connectivity index (χ1v) is 5.72. The van der Waals surface area contributed by atoms with Crippen LogP contribution in [0.5, 0.6) is 0 Å². The van der Waals surface area contributed by atoms with E-state index >= 15 is 0 Å². The summed E-state index contributed by atoms with van der Waals surface area (Å²) in [5, 5.41) is 16.7. The zero-order valence-corrected chi connectivity index (χ0v) is 10.6. The molecule has 0 aliphatic heterocycles. The van der Waals surface area contributed by atoms with Crippen LogP contribution < -0.4 is 0 Å². The first-order valence-electron chi connectivity index (χ1n) is 4.92. The quantitative estimate of drug-likeness (QED) is 0.871. The first kappa shape index (κ1) is 12.1. The lowest BCUT2D eigenvalue weighted by atomic mass is 10.3. The van der Waals surface area contributed by atoms with E-state index in [2.05, 4.69) is 31.2 Å². The van der Waals surface area contributed by atoms with Gasteiger partial charge in [0, 0.05) is 5.56 Å². The zero-order chi connectivity index (χ0) is 12.4. The smallest absolute Gasteiger partial charge is 0.213 e. The van der Waals surface area contributed by atoms with Gasteiger partial charge in [-0.2, -0.15) is 4.39 Å². The van der Waals surface area contributed by atoms with Crippen LogP contribution in [0.4, 0.5) is 4.39 Å². The third-order valence-corrected chi connectivity index (χ3v) is 3.13. The molecule has 0 aromatic carbocycles. The van der Waals surface area contributed by atoms with Crippen molar-refractivity contribution >= 4 is 15.9 Å². The molecular weight excluding hydrogens is 291 g/mol. The third-order valence-electron chi connectivity index (χ3n) is 2.44. The van der Waals surface area contributed by atoms with Crippen molar-refractivity contribution in [3.63, 3.8) is 0 Å². The van der Waals surface area contributed by atoms with Crippen molar-refractivity contribution in [2.75, 3.05) is 0 Å². The van der Waals surface area contributed by atoms with Crippen molar-refractivity contribution in [2.45, 2.75) is 20.1 Å². The Balaban J connectivity index is 2.28. The maximum Gasteiger partial charge on any atom is 0.213 e. The van der Waals surface area contributed by atoms with Crippen LogP contribution in [-0.4, -0.2) is 25.1 Å². The molecule has 0 fully saturated rings. The number of aliphatic hydroxyl groups excluding tert-OH is 1. The van der Waals surface area contributed by atoms with Gasteiger partial charge in [-0.25, -0.2) is 9.67 Å². The summed E-state index contributed by atoms with van der Waals surface area (Å²) in [5.41, 5.74) is 2.11. The van der Waals surface area contributed by atoms with Crippen molar-refractivity contribution in [3.05, 3.63) is 39.6 Å². The number of pyridine rings is 1. The summed E-state index contributed by atoms with van der Waals surface area (Å²) in [7, 11) is 0. The monoisotopic (exact) mass is 300 g/mol. The van der Waals surface area contributed by atoms with Crippen LogP contribution in [-0.2, 0) is 13.2 Å². The van der Waals surface area contributed by atoms with Crippen molar-refractivity contribution < 1.29 is 9.50 Å². The van der Waals surface area contributed by atoms with Crippen LogP contribution in [0.25, 0.3) is 0 Å². The van der Waals surface area contributed by atoms with Crippen molar-refractivity contribution in [1.82, 2.24) is 20.0 Å². The minimum Gasteiger partial charge on any atom is -0.390 e. The molecule has 2 aromatic rings. The molecule has 0 unspecified atom stereocenters. The average molecular weight is 301 g/mol. The Morgan fingerprint density at radius 2 is 2.24 bits per heavy atom. The summed E-state index contributed by atoms with van der Waals surface area (Å²) < 4.78 is 14.9. The minimum absolute atomic E-state index is 0.144.